The molecule has 0 aromatic carbocycles. The quantitative estimate of drug-likeness (QED) is 0.713. The van der Waals surface area contributed by atoms with Crippen LogP contribution in [0.4, 0.5) is 0 Å². The van der Waals surface area contributed by atoms with E-state index in [0.717, 1.165) is 12.1 Å². The summed E-state index contributed by atoms with van der Waals surface area (Å²) in [4.78, 5) is 4.27. The van der Waals surface area contributed by atoms with Crippen molar-refractivity contribution >= 4 is 0 Å². The summed E-state index contributed by atoms with van der Waals surface area (Å²) in [7, 11) is 0. The SMILES string of the molecule is c1ncn(C2CC2)c1CCCCNC1CC1. The average Bonchev–Trinajstić information content (AvgIpc) is 3.19. The van der Waals surface area contributed by atoms with Gasteiger partial charge in [-0.05, 0) is 51.5 Å². The molecule has 16 heavy (non-hydrogen) atoms. The number of unbranched alkanes of at least 4 members (excludes halogenated alkanes) is 1. The van der Waals surface area contributed by atoms with Crippen LogP contribution in [0.2, 0.25) is 0 Å². The first-order valence-electron chi connectivity index (χ1n) is 6.67. The van der Waals surface area contributed by atoms with E-state index in [9.17, 15) is 0 Å². The molecule has 1 aromatic heterocycles. The lowest BCUT2D eigenvalue weighted by molar-refractivity contribution is 0.601. The molecule has 3 heteroatoms. The number of imidazole rings is 1. The van der Waals surface area contributed by atoms with Crippen LogP contribution in [0.15, 0.2) is 12.5 Å². The van der Waals surface area contributed by atoms with Gasteiger partial charge in [-0.25, -0.2) is 4.98 Å². The largest absolute Gasteiger partial charge is 0.332 e. The Bertz CT molecular complexity index is 337. The zero-order valence-electron chi connectivity index (χ0n) is 9.86. The Morgan fingerprint density at radius 1 is 1.25 bits per heavy atom. The van der Waals surface area contributed by atoms with Gasteiger partial charge in [0, 0.05) is 24.0 Å². The number of nitrogens with zero attached hydrogens (tertiary/aromatic N) is 2. The van der Waals surface area contributed by atoms with Crippen LogP contribution in [0.3, 0.4) is 0 Å². The van der Waals surface area contributed by atoms with Crippen molar-refractivity contribution in [3.8, 4) is 0 Å². The highest BCUT2D eigenvalue weighted by Crippen LogP contribution is 2.35. The van der Waals surface area contributed by atoms with Crippen LogP contribution in [-0.2, 0) is 6.42 Å². The third kappa shape index (κ3) is 2.64. The van der Waals surface area contributed by atoms with E-state index < -0.39 is 0 Å². The number of rotatable bonds is 7. The molecule has 0 atom stereocenters. The monoisotopic (exact) mass is 219 g/mol. The number of aromatic nitrogens is 2. The van der Waals surface area contributed by atoms with Gasteiger partial charge in [-0.3, -0.25) is 0 Å². The maximum Gasteiger partial charge on any atom is 0.0950 e. The van der Waals surface area contributed by atoms with E-state index in [1.54, 1.807) is 0 Å². The summed E-state index contributed by atoms with van der Waals surface area (Å²) in [5.41, 5.74) is 1.44. The van der Waals surface area contributed by atoms with Gasteiger partial charge in [0.2, 0.25) is 0 Å². The summed E-state index contributed by atoms with van der Waals surface area (Å²) in [6, 6.07) is 1.64. The Morgan fingerprint density at radius 3 is 2.88 bits per heavy atom. The number of nitrogens with one attached hydrogen (secondary N) is 1. The first-order valence-corrected chi connectivity index (χ1v) is 6.67. The molecule has 0 saturated heterocycles. The minimum absolute atomic E-state index is 0.780. The Labute approximate surface area is 97.3 Å². The molecule has 0 radical (unpaired) electrons. The second-order valence-corrected chi connectivity index (χ2v) is 5.21. The van der Waals surface area contributed by atoms with Crippen LogP contribution in [0.1, 0.15) is 50.3 Å². The van der Waals surface area contributed by atoms with Crippen molar-refractivity contribution in [2.24, 2.45) is 0 Å². The van der Waals surface area contributed by atoms with E-state index in [4.69, 9.17) is 0 Å². The van der Waals surface area contributed by atoms with Crippen molar-refractivity contribution in [3.05, 3.63) is 18.2 Å². The average molecular weight is 219 g/mol. The van der Waals surface area contributed by atoms with Crippen LogP contribution >= 0.6 is 0 Å². The maximum atomic E-state index is 4.27. The lowest BCUT2D eigenvalue weighted by Gasteiger charge is -2.06. The van der Waals surface area contributed by atoms with Crippen LogP contribution in [0.5, 0.6) is 0 Å². The molecule has 3 rings (SSSR count). The molecule has 2 aliphatic rings. The first kappa shape index (κ1) is 10.3. The second-order valence-electron chi connectivity index (χ2n) is 5.21. The van der Waals surface area contributed by atoms with E-state index in [2.05, 4.69) is 14.9 Å². The third-order valence-electron chi connectivity index (χ3n) is 3.56. The van der Waals surface area contributed by atoms with Gasteiger partial charge in [0.1, 0.15) is 0 Å². The van der Waals surface area contributed by atoms with Gasteiger partial charge < -0.3 is 9.88 Å². The van der Waals surface area contributed by atoms with Crippen LogP contribution in [0.25, 0.3) is 0 Å². The van der Waals surface area contributed by atoms with Crippen LogP contribution < -0.4 is 5.32 Å². The Kier molecular flexibility index (Phi) is 2.96. The van der Waals surface area contributed by atoms with E-state index in [1.165, 1.54) is 57.2 Å². The fourth-order valence-electron chi connectivity index (χ4n) is 2.23. The molecule has 0 bridgehead atoms. The Balaban J connectivity index is 1.37. The molecule has 0 unspecified atom stereocenters. The van der Waals surface area contributed by atoms with Gasteiger partial charge in [0.25, 0.3) is 0 Å². The smallest absolute Gasteiger partial charge is 0.0950 e. The predicted molar refractivity (Wildman–Crippen MR) is 64.5 cm³/mol. The highest BCUT2D eigenvalue weighted by atomic mass is 15.1. The summed E-state index contributed by atoms with van der Waals surface area (Å²) < 4.78 is 2.38. The lowest BCUT2D eigenvalue weighted by Crippen LogP contribution is -2.17. The molecule has 0 spiro atoms. The molecule has 0 amide bonds. The second kappa shape index (κ2) is 4.58. The minimum Gasteiger partial charge on any atom is -0.332 e. The van der Waals surface area contributed by atoms with Crippen LogP contribution in [-0.4, -0.2) is 22.1 Å². The van der Waals surface area contributed by atoms with E-state index in [0.29, 0.717) is 0 Å². The number of hydrogen-bond acceptors (Lipinski definition) is 2. The van der Waals surface area contributed by atoms with Crippen molar-refractivity contribution < 1.29 is 0 Å². The highest BCUT2D eigenvalue weighted by Gasteiger charge is 2.24. The summed E-state index contributed by atoms with van der Waals surface area (Å²) in [6.07, 6.45) is 13.3. The molecule has 1 heterocycles. The highest BCUT2D eigenvalue weighted by molar-refractivity contribution is 5.03. The molecule has 2 aliphatic carbocycles. The van der Waals surface area contributed by atoms with E-state index >= 15 is 0 Å². The molecule has 0 aliphatic heterocycles. The summed E-state index contributed by atoms with van der Waals surface area (Å²) in [5.74, 6) is 0. The summed E-state index contributed by atoms with van der Waals surface area (Å²) in [6.45, 7) is 1.20. The van der Waals surface area contributed by atoms with Gasteiger partial charge in [0.15, 0.2) is 0 Å². The molecule has 2 fully saturated rings. The normalized spacial score (nSPS) is 20.2. The van der Waals surface area contributed by atoms with Gasteiger partial charge >= 0.3 is 0 Å². The third-order valence-corrected chi connectivity index (χ3v) is 3.56. The zero-order valence-corrected chi connectivity index (χ0v) is 9.86. The first-order chi connectivity index (χ1) is 7.93. The van der Waals surface area contributed by atoms with Gasteiger partial charge in [0.05, 0.1) is 6.33 Å². The molecule has 1 N–H and O–H groups in total. The molecule has 88 valence electrons. The van der Waals surface area contributed by atoms with Crippen molar-refractivity contribution in [1.82, 2.24) is 14.9 Å². The summed E-state index contributed by atoms with van der Waals surface area (Å²) in [5, 5.41) is 3.56. The van der Waals surface area contributed by atoms with Crippen molar-refractivity contribution in [2.45, 2.75) is 57.0 Å². The van der Waals surface area contributed by atoms with Gasteiger partial charge in [-0.1, -0.05) is 0 Å². The van der Waals surface area contributed by atoms with Gasteiger partial charge in [-0.2, -0.15) is 0 Å². The lowest BCUT2D eigenvalue weighted by atomic mass is 10.2. The Morgan fingerprint density at radius 2 is 2.12 bits per heavy atom. The molecule has 1 aromatic rings. The van der Waals surface area contributed by atoms with E-state index in [-0.39, 0.29) is 0 Å². The summed E-state index contributed by atoms with van der Waals surface area (Å²) >= 11 is 0. The van der Waals surface area contributed by atoms with E-state index in [1.807, 2.05) is 12.5 Å². The fraction of sp³-hybridized carbons (Fsp3) is 0.769. The Hall–Kier alpha value is -0.830. The zero-order chi connectivity index (χ0) is 10.8. The standard InChI is InChI=1S/C13H21N3/c1(2-8-15-11-4-5-11)3-13-9-14-10-16(13)12-6-7-12/h9-12,15H,1-8H2. The van der Waals surface area contributed by atoms with Crippen LogP contribution in [0, 0.1) is 0 Å². The minimum atomic E-state index is 0.780. The number of hydrogen-bond donors (Lipinski definition) is 1. The number of aryl methyl sites for hydroxylation is 1. The predicted octanol–water partition coefficient (Wildman–Crippen LogP) is 2.29. The fourth-order valence-corrected chi connectivity index (χ4v) is 2.23. The molecule has 3 nitrogen and oxygen atoms in total. The maximum absolute atomic E-state index is 4.27. The molecule has 2 saturated carbocycles. The molecular formula is C13H21N3. The van der Waals surface area contributed by atoms with Gasteiger partial charge in [-0.15, -0.1) is 0 Å². The van der Waals surface area contributed by atoms with Crippen molar-refractivity contribution in [2.75, 3.05) is 6.54 Å². The molecular weight excluding hydrogens is 198 g/mol. The topological polar surface area (TPSA) is 29.9 Å². The van der Waals surface area contributed by atoms with Crippen molar-refractivity contribution in [3.63, 3.8) is 0 Å². The van der Waals surface area contributed by atoms with Crippen molar-refractivity contribution in [1.29, 1.82) is 0 Å².